The maximum Gasteiger partial charge on any atom is 0.281 e. The first-order valence-electron chi connectivity index (χ1n) is 6.49. The quantitative estimate of drug-likeness (QED) is 0.777. The van der Waals surface area contributed by atoms with E-state index >= 15 is 0 Å². The molecule has 1 N–H and O–H groups in total. The molecule has 3 rings (SSSR count). The largest absolute Gasteiger partial charge is 0.281 e. The number of rotatable bonds is 4. The summed E-state index contributed by atoms with van der Waals surface area (Å²) in [4.78, 5) is 9.05. The third-order valence-electron chi connectivity index (χ3n) is 3.20. The van der Waals surface area contributed by atoms with Gasteiger partial charge in [-0.3, -0.25) is 4.72 Å². The normalized spacial score (nSPS) is 12.2. The van der Waals surface area contributed by atoms with Gasteiger partial charge in [0.2, 0.25) is 0 Å². The van der Waals surface area contributed by atoms with Gasteiger partial charge in [0, 0.05) is 7.05 Å². The average Bonchev–Trinajstić information content (AvgIpc) is 3.05. The molecule has 0 atom stereocenters. The lowest BCUT2D eigenvalue weighted by atomic mass is 10.0. The highest BCUT2D eigenvalue weighted by molar-refractivity contribution is 7.92. The molecule has 0 bridgehead atoms. The monoisotopic (exact) mass is 338 g/mol. The number of aryl methyl sites for hydroxylation is 1. The van der Waals surface area contributed by atoms with E-state index in [4.69, 9.17) is 0 Å². The van der Waals surface area contributed by atoms with Crippen molar-refractivity contribution in [2.75, 3.05) is 4.72 Å². The molecular formula is C12H14N6O2S2. The Morgan fingerprint density at radius 3 is 2.73 bits per heavy atom. The van der Waals surface area contributed by atoms with E-state index in [2.05, 4.69) is 25.0 Å². The number of sulfonamides is 1. The van der Waals surface area contributed by atoms with Crippen LogP contribution in [0.3, 0.4) is 0 Å². The van der Waals surface area contributed by atoms with E-state index in [0.717, 1.165) is 15.8 Å². The van der Waals surface area contributed by atoms with Crippen LogP contribution in [0.1, 0.15) is 25.3 Å². The van der Waals surface area contributed by atoms with Crippen molar-refractivity contribution < 1.29 is 8.42 Å². The minimum Gasteiger partial charge on any atom is -0.261 e. The molecule has 22 heavy (non-hydrogen) atoms. The highest BCUT2D eigenvalue weighted by atomic mass is 32.2. The smallest absolute Gasteiger partial charge is 0.261 e. The maximum absolute atomic E-state index is 12.5. The molecule has 0 unspecified atom stereocenters. The van der Waals surface area contributed by atoms with E-state index in [0.29, 0.717) is 0 Å². The first-order chi connectivity index (χ1) is 10.4. The summed E-state index contributed by atoms with van der Waals surface area (Å²) in [6.45, 7) is 4.08. The molecule has 3 aromatic rings. The summed E-state index contributed by atoms with van der Waals surface area (Å²) in [5, 5.41) is 9.92. The molecule has 10 heteroatoms. The van der Waals surface area contributed by atoms with E-state index in [1.807, 2.05) is 19.2 Å². The minimum atomic E-state index is -3.81. The van der Waals surface area contributed by atoms with Crippen LogP contribution < -0.4 is 4.72 Å². The summed E-state index contributed by atoms with van der Waals surface area (Å²) in [5.41, 5.74) is 1.02. The number of hydrogen-bond donors (Lipinski definition) is 1. The van der Waals surface area contributed by atoms with Gasteiger partial charge in [0.05, 0.1) is 11.6 Å². The van der Waals surface area contributed by atoms with Crippen LogP contribution in [-0.4, -0.2) is 33.4 Å². The minimum absolute atomic E-state index is 0.0272. The second-order valence-electron chi connectivity index (χ2n) is 5.05. The third-order valence-corrected chi connectivity index (χ3v) is 5.49. The molecule has 0 aliphatic heterocycles. The van der Waals surface area contributed by atoms with Crippen molar-refractivity contribution in [3.8, 4) is 0 Å². The topological polar surface area (TPSA) is 103 Å². The number of nitrogens with one attached hydrogen (secondary N) is 1. The summed E-state index contributed by atoms with van der Waals surface area (Å²) in [6, 6.07) is 0. The fourth-order valence-corrected chi connectivity index (χ4v) is 4.26. The van der Waals surface area contributed by atoms with Crippen LogP contribution in [0.25, 0.3) is 10.2 Å². The molecule has 0 amide bonds. The molecule has 0 aliphatic rings. The lowest BCUT2D eigenvalue weighted by Gasteiger charge is -2.10. The Balaban J connectivity index is 2.12. The van der Waals surface area contributed by atoms with Crippen LogP contribution >= 0.6 is 11.3 Å². The van der Waals surface area contributed by atoms with Crippen LogP contribution in [0.15, 0.2) is 22.9 Å². The van der Waals surface area contributed by atoms with E-state index < -0.39 is 10.0 Å². The Hall–Kier alpha value is -2.07. The Kier molecular flexibility index (Phi) is 3.57. The summed E-state index contributed by atoms with van der Waals surface area (Å²) in [6.07, 6.45) is 2.54. The average molecular weight is 338 g/mol. The zero-order valence-electron chi connectivity index (χ0n) is 12.2. The molecule has 0 aromatic carbocycles. The van der Waals surface area contributed by atoms with Gasteiger partial charge in [-0.15, -0.1) is 16.4 Å². The van der Waals surface area contributed by atoms with Gasteiger partial charge in [-0.05, 0) is 16.9 Å². The molecule has 0 spiro atoms. The maximum atomic E-state index is 12.5. The van der Waals surface area contributed by atoms with Gasteiger partial charge < -0.3 is 0 Å². The van der Waals surface area contributed by atoms with Crippen LogP contribution in [0, 0.1) is 0 Å². The fourth-order valence-electron chi connectivity index (χ4n) is 2.10. The molecule has 0 saturated carbocycles. The van der Waals surface area contributed by atoms with Crippen LogP contribution in [0.5, 0.6) is 0 Å². The highest BCUT2D eigenvalue weighted by Gasteiger charge is 2.22. The van der Waals surface area contributed by atoms with Gasteiger partial charge >= 0.3 is 0 Å². The van der Waals surface area contributed by atoms with E-state index in [9.17, 15) is 8.42 Å². The molecule has 8 nitrogen and oxygen atoms in total. The summed E-state index contributed by atoms with van der Waals surface area (Å²) < 4.78 is 28.6. The number of anilines is 1. The van der Waals surface area contributed by atoms with E-state index in [1.165, 1.54) is 35.6 Å². The standard InChI is InChI=1S/C12H14N6O2S2/c1-7(2)8-5-21-12-10(8)11(13-6-14-12)16-22(19,20)9-4-15-17-18(9)3/h4-7H,1-3H3,(H,13,14,16). The number of thiophene rings is 1. The predicted octanol–water partition coefficient (Wildman–Crippen LogP) is 1.74. The molecule has 0 aliphatic carbocycles. The van der Waals surface area contributed by atoms with Gasteiger partial charge in [-0.25, -0.2) is 14.6 Å². The third kappa shape index (κ3) is 2.44. The second kappa shape index (κ2) is 5.29. The summed E-state index contributed by atoms with van der Waals surface area (Å²) in [5.74, 6) is 0.512. The molecule has 0 radical (unpaired) electrons. The zero-order chi connectivity index (χ0) is 15.9. The van der Waals surface area contributed by atoms with Gasteiger partial charge in [-0.2, -0.15) is 8.42 Å². The van der Waals surface area contributed by atoms with Gasteiger partial charge in [0.15, 0.2) is 10.8 Å². The first kappa shape index (κ1) is 14.9. The number of aromatic nitrogens is 5. The predicted molar refractivity (Wildman–Crippen MR) is 83.3 cm³/mol. The number of hydrogen-bond acceptors (Lipinski definition) is 7. The van der Waals surface area contributed by atoms with Crippen molar-refractivity contribution >= 4 is 37.4 Å². The molecular weight excluding hydrogens is 324 g/mol. The van der Waals surface area contributed by atoms with Gasteiger partial charge in [-0.1, -0.05) is 19.1 Å². The summed E-state index contributed by atoms with van der Waals surface area (Å²) in [7, 11) is -2.30. The van der Waals surface area contributed by atoms with Crippen molar-refractivity contribution in [3.05, 3.63) is 23.5 Å². The van der Waals surface area contributed by atoms with Crippen molar-refractivity contribution in [2.45, 2.75) is 24.8 Å². The second-order valence-corrected chi connectivity index (χ2v) is 7.54. The lowest BCUT2D eigenvalue weighted by molar-refractivity contribution is 0.579. The molecule has 0 fully saturated rings. The highest BCUT2D eigenvalue weighted by Crippen LogP contribution is 2.34. The number of fused-ring (bicyclic) bond motifs is 1. The van der Waals surface area contributed by atoms with Crippen LogP contribution in [-0.2, 0) is 17.1 Å². The van der Waals surface area contributed by atoms with Gasteiger partial charge in [0.1, 0.15) is 11.2 Å². The van der Waals surface area contributed by atoms with Gasteiger partial charge in [0.25, 0.3) is 10.0 Å². The molecule has 3 heterocycles. The van der Waals surface area contributed by atoms with E-state index in [1.54, 1.807) is 0 Å². The lowest BCUT2D eigenvalue weighted by Crippen LogP contribution is -2.17. The van der Waals surface area contributed by atoms with Crippen molar-refractivity contribution in [3.63, 3.8) is 0 Å². The SMILES string of the molecule is CC(C)c1csc2ncnc(NS(=O)(=O)c3cnnn3C)c12. The fraction of sp³-hybridized carbons (Fsp3) is 0.333. The van der Waals surface area contributed by atoms with Crippen molar-refractivity contribution in [1.82, 2.24) is 25.0 Å². The summed E-state index contributed by atoms with van der Waals surface area (Å²) >= 11 is 1.47. The molecule has 3 aromatic heterocycles. The van der Waals surface area contributed by atoms with Crippen molar-refractivity contribution in [2.24, 2.45) is 7.05 Å². The molecule has 0 saturated heterocycles. The molecule has 116 valence electrons. The van der Waals surface area contributed by atoms with E-state index in [-0.39, 0.29) is 16.8 Å². The number of nitrogens with zero attached hydrogens (tertiary/aromatic N) is 5. The zero-order valence-corrected chi connectivity index (χ0v) is 13.8. The Morgan fingerprint density at radius 1 is 1.32 bits per heavy atom. The Bertz CT molecular complexity index is 928. The van der Waals surface area contributed by atoms with Crippen LogP contribution in [0.4, 0.5) is 5.82 Å². The Labute approximate surface area is 131 Å². The Morgan fingerprint density at radius 2 is 2.09 bits per heavy atom. The van der Waals surface area contributed by atoms with Crippen LogP contribution in [0.2, 0.25) is 0 Å². The van der Waals surface area contributed by atoms with Crippen molar-refractivity contribution in [1.29, 1.82) is 0 Å². The first-order valence-corrected chi connectivity index (χ1v) is 8.86.